The maximum Gasteiger partial charge on any atom is 0.265 e. The normalized spacial score (nSPS) is 16.0. The molecule has 1 saturated heterocycles. The first-order valence-corrected chi connectivity index (χ1v) is 12.3. The first-order valence-electron chi connectivity index (χ1n) is 10.6. The summed E-state index contributed by atoms with van der Waals surface area (Å²) in [4.78, 5) is 50.1. The number of carbonyl (C=O) groups excluding carboxylic acids is 3. The van der Waals surface area contributed by atoms with E-state index in [-0.39, 0.29) is 17.7 Å². The largest absolute Gasteiger partial charge is 0.365 e. The maximum absolute atomic E-state index is 13.3. The SMILES string of the molecule is Cc1nc(-c2cccnc2)sc1C(=O)N1CCCC(C(=O)Nc2sc(C)c(C)c2C(N)=O)C1. The molecular weight excluding hydrogens is 458 g/mol. The van der Waals surface area contributed by atoms with E-state index in [0.717, 1.165) is 27.4 Å². The monoisotopic (exact) mass is 483 g/mol. The number of aromatic nitrogens is 2. The number of thiophene rings is 1. The number of nitrogens with two attached hydrogens (primary N) is 1. The number of nitrogens with zero attached hydrogens (tertiary/aromatic N) is 3. The minimum atomic E-state index is -0.558. The molecule has 3 N–H and O–H groups in total. The Morgan fingerprint density at radius 2 is 2.00 bits per heavy atom. The zero-order valence-corrected chi connectivity index (χ0v) is 20.3. The number of hydrogen-bond acceptors (Lipinski definition) is 7. The number of likely N-dealkylation sites (tertiary alicyclic amines) is 1. The quantitative estimate of drug-likeness (QED) is 0.572. The van der Waals surface area contributed by atoms with Gasteiger partial charge in [-0.05, 0) is 51.3 Å². The average Bonchev–Trinajstić information content (AvgIpc) is 3.33. The fourth-order valence-electron chi connectivity index (χ4n) is 3.95. The van der Waals surface area contributed by atoms with Crippen LogP contribution in [-0.2, 0) is 4.79 Å². The topological polar surface area (TPSA) is 118 Å². The van der Waals surface area contributed by atoms with Crippen molar-refractivity contribution in [3.63, 3.8) is 0 Å². The molecule has 172 valence electrons. The number of thiazole rings is 1. The Bertz CT molecular complexity index is 1220. The first-order chi connectivity index (χ1) is 15.8. The Balaban J connectivity index is 1.48. The molecule has 0 spiro atoms. The van der Waals surface area contributed by atoms with E-state index in [1.54, 1.807) is 17.3 Å². The fourth-order valence-corrected chi connectivity index (χ4v) is 6.05. The van der Waals surface area contributed by atoms with Crippen LogP contribution in [0.5, 0.6) is 0 Å². The van der Waals surface area contributed by atoms with Crippen LogP contribution in [0.25, 0.3) is 10.6 Å². The Hall–Kier alpha value is -3.11. The molecule has 4 rings (SSSR count). The standard InChI is InChI=1S/C23H25N5O3S2/c1-12-14(3)32-22(17(12)19(24)29)27-20(30)16-7-5-9-28(11-16)23(31)18-13(2)26-21(33-18)15-6-4-8-25-10-15/h4,6,8,10,16H,5,7,9,11H2,1-3H3,(H2,24,29)(H,27,30). The number of pyridine rings is 1. The molecule has 1 unspecified atom stereocenters. The van der Waals surface area contributed by atoms with Gasteiger partial charge in [0.05, 0.1) is 17.2 Å². The number of primary amides is 1. The Labute approximate surface area is 199 Å². The van der Waals surface area contributed by atoms with E-state index >= 15 is 0 Å². The van der Waals surface area contributed by atoms with Crippen molar-refractivity contribution < 1.29 is 14.4 Å². The van der Waals surface area contributed by atoms with Crippen LogP contribution in [0.4, 0.5) is 5.00 Å². The summed E-state index contributed by atoms with van der Waals surface area (Å²) in [5.74, 6) is -1.23. The summed E-state index contributed by atoms with van der Waals surface area (Å²) in [6.07, 6.45) is 4.82. The predicted molar refractivity (Wildman–Crippen MR) is 130 cm³/mol. The van der Waals surface area contributed by atoms with Crippen molar-refractivity contribution in [2.45, 2.75) is 33.6 Å². The average molecular weight is 484 g/mol. The van der Waals surface area contributed by atoms with Crippen LogP contribution in [0, 0.1) is 26.7 Å². The summed E-state index contributed by atoms with van der Waals surface area (Å²) < 4.78 is 0. The number of carbonyl (C=O) groups is 3. The molecule has 1 aliphatic heterocycles. The van der Waals surface area contributed by atoms with Crippen molar-refractivity contribution in [1.82, 2.24) is 14.9 Å². The molecule has 4 heterocycles. The van der Waals surface area contributed by atoms with E-state index in [9.17, 15) is 14.4 Å². The number of nitrogens with one attached hydrogen (secondary N) is 1. The minimum absolute atomic E-state index is 0.113. The van der Waals surface area contributed by atoms with E-state index in [4.69, 9.17) is 5.73 Å². The molecule has 1 atom stereocenters. The lowest BCUT2D eigenvalue weighted by molar-refractivity contribution is -0.121. The zero-order chi connectivity index (χ0) is 23.7. The van der Waals surface area contributed by atoms with Gasteiger partial charge in [0.25, 0.3) is 11.8 Å². The van der Waals surface area contributed by atoms with Crippen molar-refractivity contribution in [2.75, 3.05) is 18.4 Å². The van der Waals surface area contributed by atoms with Gasteiger partial charge >= 0.3 is 0 Å². The molecule has 0 bridgehead atoms. The Morgan fingerprint density at radius 3 is 2.70 bits per heavy atom. The zero-order valence-electron chi connectivity index (χ0n) is 18.7. The fraction of sp³-hybridized carbons (Fsp3) is 0.348. The van der Waals surface area contributed by atoms with Crippen LogP contribution in [0.2, 0.25) is 0 Å². The van der Waals surface area contributed by atoms with Crippen LogP contribution in [-0.4, -0.2) is 45.7 Å². The summed E-state index contributed by atoms with van der Waals surface area (Å²) >= 11 is 2.69. The smallest absolute Gasteiger partial charge is 0.265 e. The molecular formula is C23H25N5O3S2. The lowest BCUT2D eigenvalue weighted by atomic mass is 9.97. The van der Waals surface area contributed by atoms with Crippen LogP contribution >= 0.6 is 22.7 Å². The molecule has 0 radical (unpaired) electrons. The molecule has 1 fully saturated rings. The lowest BCUT2D eigenvalue weighted by Gasteiger charge is -2.31. The minimum Gasteiger partial charge on any atom is -0.365 e. The van der Waals surface area contributed by atoms with Crippen LogP contribution < -0.4 is 11.1 Å². The molecule has 3 aromatic rings. The molecule has 0 saturated carbocycles. The number of hydrogen-bond donors (Lipinski definition) is 2. The van der Waals surface area contributed by atoms with Crippen LogP contribution in [0.3, 0.4) is 0 Å². The second-order valence-corrected chi connectivity index (χ2v) is 10.3. The van der Waals surface area contributed by atoms with Gasteiger partial charge in [0.1, 0.15) is 14.9 Å². The second-order valence-electron chi connectivity index (χ2n) is 8.11. The van der Waals surface area contributed by atoms with Crippen molar-refractivity contribution in [2.24, 2.45) is 11.7 Å². The first kappa shape index (κ1) is 23.1. The van der Waals surface area contributed by atoms with Crippen LogP contribution in [0.1, 0.15) is 49.0 Å². The van der Waals surface area contributed by atoms with Gasteiger partial charge in [0.15, 0.2) is 0 Å². The third-order valence-corrected chi connectivity index (χ3v) is 8.16. The van der Waals surface area contributed by atoms with Gasteiger partial charge in [0, 0.05) is 35.9 Å². The highest BCUT2D eigenvalue weighted by Crippen LogP contribution is 2.33. The van der Waals surface area contributed by atoms with Gasteiger partial charge in [-0.2, -0.15) is 0 Å². The van der Waals surface area contributed by atoms with E-state index in [1.807, 2.05) is 32.9 Å². The molecule has 0 aromatic carbocycles. The molecule has 0 aliphatic carbocycles. The molecule has 1 aliphatic rings. The van der Waals surface area contributed by atoms with Crippen molar-refractivity contribution in [3.8, 4) is 10.6 Å². The summed E-state index contributed by atoms with van der Waals surface area (Å²) in [5.41, 5.74) is 8.21. The maximum atomic E-state index is 13.3. The third kappa shape index (κ3) is 4.67. The van der Waals surface area contributed by atoms with Gasteiger partial charge in [-0.25, -0.2) is 4.98 Å². The Kier molecular flexibility index (Phi) is 6.57. The third-order valence-electron chi connectivity index (χ3n) is 5.85. The molecule has 8 nitrogen and oxygen atoms in total. The Morgan fingerprint density at radius 1 is 1.21 bits per heavy atom. The van der Waals surface area contributed by atoms with E-state index in [2.05, 4.69) is 15.3 Å². The summed E-state index contributed by atoms with van der Waals surface area (Å²) in [7, 11) is 0. The number of piperidine rings is 1. The van der Waals surface area contributed by atoms with Crippen LogP contribution in [0.15, 0.2) is 24.5 Å². The second kappa shape index (κ2) is 9.40. The summed E-state index contributed by atoms with van der Waals surface area (Å²) in [6, 6.07) is 3.75. The highest BCUT2D eigenvalue weighted by Gasteiger charge is 2.32. The molecule has 33 heavy (non-hydrogen) atoms. The number of rotatable bonds is 5. The van der Waals surface area contributed by atoms with Crippen molar-refractivity contribution >= 4 is 45.4 Å². The van der Waals surface area contributed by atoms with E-state index in [1.165, 1.54) is 22.7 Å². The summed E-state index contributed by atoms with van der Waals surface area (Å²) in [6.45, 7) is 6.44. The van der Waals surface area contributed by atoms with Gasteiger partial charge in [-0.1, -0.05) is 0 Å². The molecule has 3 aromatic heterocycles. The van der Waals surface area contributed by atoms with Gasteiger partial charge in [-0.3, -0.25) is 19.4 Å². The van der Waals surface area contributed by atoms with Gasteiger partial charge < -0.3 is 16.0 Å². The van der Waals surface area contributed by atoms with Gasteiger partial charge in [-0.15, -0.1) is 22.7 Å². The molecule has 3 amide bonds. The number of aryl methyl sites for hydroxylation is 2. The molecule has 10 heteroatoms. The number of anilines is 1. The van der Waals surface area contributed by atoms with Crippen molar-refractivity contribution in [1.29, 1.82) is 0 Å². The highest BCUT2D eigenvalue weighted by atomic mass is 32.1. The van der Waals surface area contributed by atoms with E-state index < -0.39 is 5.91 Å². The predicted octanol–water partition coefficient (Wildman–Crippen LogP) is 3.78. The number of amides is 3. The van der Waals surface area contributed by atoms with Gasteiger partial charge in [0.2, 0.25) is 5.91 Å². The lowest BCUT2D eigenvalue weighted by Crippen LogP contribution is -2.43. The van der Waals surface area contributed by atoms with Crippen molar-refractivity contribution in [3.05, 3.63) is 51.1 Å². The van der Waals surface area contributed by atoms with E-state index in [0.29, 0.717) is 40.6 Å². The highest BCUT2D eigenvalue weighted by molar-refractivity contribution is 7.17. The summed E-state index contributed by atoms with van der Waals surface area (Å²) in [5, 5.41) is 4.11.